The van der Waals surface area contributed by atoms with Crippen molar-refractivity contribution < 1.29 is 7.87 Å². The molecule has 3 heteroatoms. The number of carbonyl (C=O) groups excluding carboxylic acids is 1. The Labute approximate surface area is 118 Å². The average molecular weight is 363 g/mol. The van der Waals surface area contributed by atoms with Gasteiger partial charge in [0.05, 0.1) is 0 Å². The fraction of sp³-hybridized carbons (Fsp3) is 0.933. The van der Waals surface area contributed by atoms with E-state index in [1.54, 1.807) is 0 Å². The summed E-state index contributed by atoms with van der Waals surface area (Å²) in [6.45, 7) is 8.82. The molecule has 0 bridgehead atoms. The van der Waals surface area contributed by atoms with Crippen molar-refractivity contribution in [1.82, 2.24) is 0 Å². The first-order valence-corrected chi connectivity index (χ1v) is 15.1. The van der Waals surface area contributed by atoms with E-state index in [1.165, 1.54) is 34.6 Å². The van der Waals surface area contributed by atoms with Crippen molar-refractivity contribution >= 4 is 24.8 Å². The van der Waals surface area contributed by atoms with Crippen molar-refractivity contribution in [3.8, 4) is 0 Å². The molecule has 0 aliphatic rings. The molecule has 0 aliphatic carbocycles. The quantitative estimate of drug-likeness (QED) is 0.467. The minimum absolute atomic E-state index is 0.0988. The molecule has 0 aromatic carbocycles. The van der Waals surface area contributed by atoms with E-state index in [4.69, 9.17) is 3.07 Å². The van der Waals surface area contributed by atoms with Gasteiger partial charge in [-0.3, -0.25) is 0 Å². The van der Waals surface area contributed by atoms with E-state index in [2.05, 4.69) is 27.7 Å². The second-order valence-electron chi connectivity index (χ2n) is 5.32. The molecular formula is C15H32O2Sn. The first-order valence-electron chi connectivity index (χ1n) is 7.86. The third kappa shape index (κ3) is 7.65. The summed E-state index contributed by atoms with van der Waals surface area (Å²) in [6.07, 6.45) is 7.62. The fourth-order valence-electron chi connectivity index (χ4n) is 2.26. The van der Waals surface area contributed by atoms with Crippen LogP contribution in [-0.2, 0) is 7.87 Å². The Balaban J connectivity index is 4.44. The van der Waals surface area contributed by atoms with Crippen LogP contribution in [-0.4, -0.2) is 24.8 Å². The molecule has 2 nitrogen and oxygen atoms in total. The Morgan fingerprint density at radius 2 is 1.39 bits per heavy atom. The van der Waals surface area contributed by atoms with Crippen LogP contribution >= 0.6 is 0 Å². The van der Waals surface area contributed by atoms with Gasteiger partial charge >= 0.3 is 119 Å². The third-order valence-corrected chi connectivity index (χ3v) is 16.5. The SMILES string of the molecule is CCCCC(=O)[O][Sn]([CH2]C)([CH2]CCC)[CH2]CCC. The summed E-state index contributed by atoms with van der Waals surface area (Å²) in [5.74, 6) is 0.0988. The second kappa shape index (κ2) is 11.1. The third-order valence-electron chi connectivity index (χ3n) is 3.68. The Morgan fingerprint density at radius 3 is 1.78 bits per heavy atom. The van der Waals surface area contributed by atoms with Crippen LogP contribution in [0, 0.1) is 0 Å². The predicted octanol–water partition coefficient (Wildman–Crippen LogP) is 5.29. The number of carbonyl (C=O) groups is 1. The van der Waals surface area contributed by atoms with Crippen LogP contribution < -0.4 is 0 Å². The predicted molar refractivity (Wildman–Crippen MR) is 81.3 cm³/mol. The van der Waals surface area contributed by atoms with Gasteiger partial charge in [-0.05, 0) is 0 Å². The molecule has 0 saturated carbocycles. The minimum atomic E-state index is -2.59. The molecule has 0 heterocycles. The summed E-state index contributed by atoms with van der Waals surface area (Å²) in [7, 11) is 0. The summed E-state index contributed by atoms with van der Waals surface area (Å²) in [5, 5.41) is 0. The molecule has 0 aromatic heterocycles. The van der Waals surface area contributed by atoms with E-state index in [0.29, 0.717) is 6.42 Å². The molecule has 0 N–H and O–H groups in total. The van der Waals surface area contributed by atoms with Gasteiger partial charge in [-0.15, -0.1) is 0 Å². The number of hydrogen-bond donors (Lipinski definition) is 0. The van der Waals surface area contributed by atoms with E-state index in [1.807, 2.05) is 0 Å². The first-order chi connectivity index (χ1) is 8.64. The van der Waals surface area contributed by atoms with Crippen molar-refractivity contribution in [2.75, 3.05) is 0 Å². The number of unbranched alkanes of at least 4 members (excludes halogenated alkanes) is 3. The molecule has 108 valence electrons. The zero-order valence-corrected chi connectivity index (χ0v) is 15.7. The Bertz CT molecular complexity index is 209. The Hall–Kier alpha value is 0.269. The van der Waals surface area contributed by atoms with E-state index in [0.717, 1.165) is 17.3 Å². The van der Waals surface area contributed by atoms with Gasteiger partial charge < -0.3 is 0 Å². The molecule has 0 radical (unpaired) electrons. The van der Waals surface area contributed by atoms with Crippen LogP contribution in [0.5, 0.6) is 0 Å². The van der Waals surface area contributed by atoms with Gasteiger partial charge in [0.1, 0.15) is 0 Å². The van der Waals surface area contributed by atoms with Crippen LogP contribution in [0.15, 0.2) is 0 Å². The van der Waals surface area contributed by atoms with Crippen LogP contribution in [0.3, 0.4) is 0 Å². The molecule has 18 heavy (non-hydrogen) atoms. The molecule has 0 rings (SSSR count). The van der Waals surface area contributed by atoms with Crippen molar-refractivity contribution in [2.24, 2.45) is 0 Å². The van der Waals surface area contributed by atoms with Gasteiger partial charge in [-0.1, -0.05) is 0 Å². The maximum atomic E-state index is 11.9. The van der Waals surface area contributed by atoms with Crippen molar-refractivity contribution in [1.29, 1.82) is 0 Å². The van der Waals surface area contributed by atoms with E-state index < -0.39 is 18.8 Å². The van der Waals surface area contributed by atoms with Gasteiger partial charge in [-0.25, -0.2) is 0 Å². The average Bonchev–Trinajstić information content (AvgIpc) is 2.39. The molecule has 0 saturated heterocycles. The van der Waals surface area contributed by atoms with E-state index >= 15 is 0 Å². The standard InChI is InChI=1S/C5H10O2.2C4H9.C2H5.Sn/c1-2-3-4-5(6)7;2*1-3-4-2;1-2;/h2-4H2,1H3,(H,6,7);2*1,3-4H2,2H3;1H2,2H3;/q;;;;+1/p-1. The fourth-order valence-corrected chi connectivity index (χ4v) is 13.4. The normalized spacial score (nSPS) is 11.6. The number of rotatable bonds is 11. The molecule has 0 aliphatic heterocycles. The van der Waals surface area contributed by atoms with Crippen LogP contribution in [0.1, 0.15) is 72.6 Å². The number of hydrogen-bond acceptors (Lipinski definition) is 2. The molecule has 0 unspecified atom stereocenters. The molecule has 0 spiro atoms. The first kappa shape index (κ1) is 18.3. The summed E-state index contributed by atoms with van der Waals surface area (Å²) in [5.41, 5.74) is 0. The molecule has 0 amide bonds. The van der Waals surface area contributed by atoms with Crippen LogP contribution in [0.2, 0.25) is 13.3 Å². The van der Waals surface area contributed by atoms with Crippen molar-refractivity contribution in [2.45, 2.75) is 86.0 Å². The second-order valence-corrected chi connectivity index (χ2v) is 17.5. The van der Waals surface area contributed by atoms with Crippen LogP contribution in [0.25, 0.3) is 0 Å². The molecular weight excluding hydrogens is 331 g/mol. The summed E-state index contributed by atoms with van der Waals surface area (Å²) < 4.78 is 9.70. The van der Waals surface area contributed by atoms with Crippen molar-refractivity contribution in [3.05, 3.63) is 0 Å². The Morgan fingerprint density at radius 1 is 0.889 bits per heavy atom. The molecule has 0 fully saturated rings. The molecule has 0 atom stereocenters. The zero-order chi connectivity index (χ0) is 13.9. The van der Waals surface area contributed by atoms with Gasteiger partial charge in [0.25, 0.3) is 0 Å². The van der Waals surface area contributed by atoms with Gasteiger partial charge in [0, 0.05) is 0 Å². The Kier molecular flexibility index (Phi) is 11.3. The zero-order valence-electron chi connectivity index (χ0n) is 12.9. The van der Waals surface area contributed by atoms with Gasteiger partial charge in [0.2, 0.25) is 0 Å². The monoisotopic (exact) mass is 364 g/mol. The van der Waals surface area contributed by atoms with Crippen LogP contribution in [0.4, 0.5) is 0 Å². The van der Waals surface area contributed by atoms with Gasteiger partial charge in [-0.2, -0.15) is 0 Å². The topological polar surface area (TPSA) is 26.3 Å². The molecule has 0 aromatic rings. The van der Waals surface area contributed by atoms with E-state index in [9.17, 15) is 4.79 Å². The summed E-state index contributed by atoms with van der Waals surface area (Å²) in [4.78, 5) is 11.9. The van der Waals surface area contributed by atoms with Gasteiger partial charge in [0.15, 0.2) is 0 Å². The maximum absolute atomic E-state index is 11.9. The summed E-state index contributed by atoms with van der Waals surface area (Å²) >= 11 is -2.59. The van der Waals surface area contributed by atoms with Crippen molar-refractivity contribution in [3.63, 3.8) is 0 Å². The summed E-state index contributed by atoms with van der Waals surface area (Å²) in [6, 6.07) is 0. The van der Waals surface area contributed by atoms with E-state index in [-0.39, 0.29) is 5.97 Å².